The van der Waals surface area contributed by atoms with Crippen molar-refractivity contribution in [1.29, 1.82) is 0 Å². The molecule has 1 nitrogen and oxygen atoms in total. The van der Waals surface area contributed by atoms with Crippen LogP contribution in [0.1, 0.15) is 18.4 Å². The highest BCUT2D eigenvalue weighted by Gasteiger charge is 2.31. The van der Waals surface area contributed by atoms with E-state index in [1.807, 2.05) is 0 Å². The van der Waals surface area contributed by atoms with Crippen LogP contribution in [-0.4, -0.2) is 12.7 Å². The summed E-state index contributed by atoms with van der Waals surface area (Å²) < 4.78 is 85.7. The van der Waals surface area contributed by atoms with E-state index in [1.54, 1.807) is 0 Å². The fourth-order valence-corrected chi connectivity index (χ4v) is 1.35. The first-order chi connectivity index (χ1) is 8.59. The normalized spacial score (nSPS) is 12.6. The molecule has 1 aromatic carbocycles. The van der Waals surface area contributed by atoms with Crippen LogP contribution in [0.3, 0.4) is 0 Å². The number of rotatable bonds is 4. The summed E-state index contributed by atoms with van der Waals surface area (Å²) in [6.45, 7) is -0.266. The number of anilines is 1. The van der Waals surface area contributed by atoms with Crippen molar-refractivity contribution in [2.24, 2.45) is 0 Å². The summed E-state index contributed by atoms with van der Waals surface area (Å²) in [6.07, 6.45) is -10.4. The zero-order chi connectivity index (χ0) is 14.7. The molecule has 0 saturated heterocycles. The van der Waals surface area contributed by atoms with Crippen molar-refractivity contribution in [2.75, 3.05) is 11.9 Å². The molecule has 1 N–H and O–H groups in total. The van der Waals surface area contributed by atoms with Gasteiger partial charge >= 0.3 is 12.4 Å². The highest BCUT2D eigenvalue weighted by molar-refractivity contribution is 5.47. The second kappa shape index (κ2) is 5.66. The van der Waals surface area contributed by atoms with Crippen LogP contribution in [0.15, 0.2) is 18.2 Å². The van der Waals surface area contributed by atoms with E-state index in [2.05, 4.69) is 5.32 Å². The lowest BCUT2D eigenvalue weighted by Crippen LogP contribution is -2.12. The predicted molar refractivity (Wildman–Crippen MR) is 55.2 cm³/mol. The van der Waals surface area contributed by atoms with Gasteiger partial charge in [-0.15, -0.1) is 0 Å². The lowest BCUT2D eigenvalue weighted by atomic mass is 10.2. The van der Waals surface area contributed by atoms with Crippen molar-refractivity contribution in [3.63, 3.8) is 0 Å². The molecule has 0 amide bonds. The Morgan fingerprint density at radius 2 is 1.63 bits per heavy atom. The molecule has 0 spiro atoms. The van der Waals surface area contributed by atoms with Crippen LogP contribution >= 0.6 is 0 Å². The Bertz CT molecular complexity index is 422. The Kier molecular flexibility index (Phi) is 4.65. The topological polar surface area (TPSA) is 12.0 Å². The summed E-state index contributed by atoms with van der Waals surface area (Å²) in [6, 6.07) is 1.72. The average molecular weight is 289 g/mol. The quantitative estimate of drug-likeness (QED) is 0.631. The summed E-state index contributed by atoms with van der Waals surface area (Å²) >= 11 is 0. The standard InChI is InChI=1S/C11H10F7N/c12-8-3-2-7(11(16,17)18)6-9(8)19-5-1-4-10(13,14)15/h2-3,6,19H,1,4-5H2. The highest BCUT2D eigenvalue weighted by Crippen LogP contribution is 2.31. The summed E-state index contributed by atoms with van der Waals surface area (Å²) in [4.78, 5) is 0. The number of nitrogens with one attached hydrogen (secondary N) is 1. The molecule has 8 heteroatoms. The van der Waals surface area contributed by atoms with E-state index < -0.39 is 35.8 Å². The van der Waals surface area contributed by atoms with Gasteiger partial charge in [-0.2, -0.15) is 26.3 Å². The molecular weight excluding hydrogens is 279 g/mol. The summed E-state index contributed by atoms with van der Waals surface area (Å²) in [5.41, 5.74) is -1.52. The summed E-state index contributed by atoms with van der Waals surface area (Å²) in [5.74, 6) is -0.944. The maximum absolute atomic E-state index is 13.2. The van der Waals surface area contributed by atoms with E-state index in [0.717, 1.165) is 0 Å². The molecule has 0 aliphatic rings. The Hall–Kier alpha value is -1.47. The van der Waals surface area contributed by atoms with Gasteiger partial charge in [-0.05, 0) is 24.6 Å². The van der Waals surface area contributed by atoms with E-state index in [1.165, 1.54) is 0 Å². The second-order valence-electron chi connectivity index (χ2n) is 3.84. The van der Waals surface area contributed by atoms with E-state index in [0.29, 0.717) is 18.2 Å². The van der Waals surface area contributed by atoms with Crippen LogP contribution in [0.2, 0.25) is 0 Å². The second-order valence-corrected chi connectivity index (χ2v) is 3.84. The van der Waals surface area contributed by atoms with Gasteiger partial charge in [0.2, 0.25) is 0 Å². The Balaban J connectivity index is 2.63. The molecule has 0 aliphatic carbocycles. The smallest absolute Gasteiger partial charge is 0.383 e. The van der Waals surface area contributed by atoms with Crippen molar-refractivity contribution in [1.82, 2.24) is 0 Å². The van der Waals surface area contributed by atoms with E-state index >= 15 is 0 Å². The maximum atomic E-state index is 13.2. The minimum Gasteiger partial charge on any atom is -0.383 e. The largest absolute Gasteiger partial charge is 0.416 e. The van der Waals surface area contributed by atoms with Gasteiger partial charge in [0.05, 0.1) is 11.3 Å². The molecule has 0 heterocycles. The minimum atomic E-state index is -4.63. The van der Waals surface area contributed by atoms with Gasteiger partial charge in [0.1, 0.15) is 5.82 Å². The number of benzene rings is 1. The molecule has 0 saturated carbocycles. The molecule has 0 aliphatic heterocycles. The average Bonchev–Trinajstić information content (AvgIpc) is 2.23. The highest BCUT2D eigenvalue weighted by atomic mass is 19.4. The third kappa shape index (κ3) is 5.35. The zero-order valence-electron chi connectivity index (χ0n) is 9.50. The van der Waals surface area contributed by atoms with E-state index in [4.69, 9.17) is 0 Å². The molecule has 108 valence electrons. The Morgan fingerprint density at radius 1 is 1.00 bits per heavy atom. The monoisotopic (exact) mass is 289 g/mol. The van der Waals surface area contributed by atoms with Crippen molar-refractivity contribution in [3.8, 4) is 0 Å². The summed E-state index contributed by atoms with van der Waals surface area (Å²) in [7, 11) is 0. The van der Waals surface area contributed by atoms with Crippen molar-refractivity contribution in [2.45, 2.75) is 25.2 Å². The Labute approximate surface area is 104 Å². The fourth-order valence-electron chi connectivity index (χ4n) is 1.35. The van der Waals surface area contributed by atoms with Crippen molar-refractivity contribution < 1.29 is 30.7 Å². The first-order valence-electron chi connectivity index (χ1n) is 5.27. The third-order valence-electron chi connectivity index (χ3n) is 2.25. The van der Waals surface area contributed by atoms with Gasteiger partial charge in [-0.1, -0.05) is 0 Å². The van der Waals surface area contributed by atoms with Crippen LogP contribution in [0.5, 0.6) is 0 Å². The maximum Gasteiger partial charge on any atom is 0.416 e. The SMILES string of the molecule is Fc1ccc(C(F)(F)F)cc1NCCCC(F)(F)F. The van der Waals surface area contributed by atoms with E-state index in [-0.39, 0.29) is 13.0 Å². The molecule has 1 aromatic rings. The first kappa shape index (κ1) is 15.6. The van der Waals surface area contributed by atoms with Gasteiger partial charge in [0, 0.05) is 13.0 Å². The lowest BCUT2D eigenvalue weighted by molar-refractivity contribution is -0.137. The number of hydrogen-bond donors (Lipinski definition) is 1. The molecule has 19 heavy (non-hydrogen) atoms. The molecular formula is C11H10F7N. The minimum absolute atomic E-state index is 0.266. The van der Waals surface area contributed by atoms with Crippen LogP contribution in [0, 0.1) is 5.82 Å². The number of halogens is 7. The first-order valence-corrected chi connectivity index (χ1v) is 5.27. The predicted octanol–water partition coefficient (Wildman–Crippen LogP) is 4.60. The number of alkyl halides is 6. The molecule has 1 rings (SSSR count). The summed E-state index contributed by atoms with van der Waals surface area (Å²) in [5, 5.41) is 2.22. The van der Waals surface area contributed by atoms with Gasteiger partial charge in [0.25, 0.3) is 0 Å². The number of hydrogen-bond acceptors (Lipinski definition) is 1. The molecule has 0 radical (unpaired) electrons. The molecule has 0 unspecified atom stereocenters. The van der Waals surface area contributed by atoms with Gasteiger partial charge in [-0.25, -0.2) is 4.39 Å². The van der Waals surface area contributed by atoms with Crippen LogP contribution < -0.4 is 5.32 Å². The van der Waals surface area contributed by atoms with E-state index in [9.17, 15) is 30.7 Å². The third-order valence-corrected chi connectivity index (χ3v) is 2.25. The van der Waals surface area contributed by atoms with Crippen molar-refractivity contribution >= 4 is 5.69 Å². The molecule has 0 bridgehead atoms. The lowest BCUT2D eigenvalue weighted by Gasteiger charge is -2.12. The molecule has 0 atom stereocenters. The fraction of sp³-hybridized carbons (Fsp3) is 0.455. The van der Waals surface area contributed by atoms with Gasteiger partial charge in [-0.3, -0.25) is 0 Å². The van der Waals surface area contributed by atoms with Crippen molar-refractivity contribution in [3.05, 3.63) is 29.6 Å². The van der Waals surface area contributed by atoms with Crippen LogP contribution in [0.25, 0.3) is 0 Å². The van der Waals surface area contributed by atoms with Gasteiger partial charge in [0.15, 0.2) is 0 Å². The van der Waals surface area contributed by atoms with Crippen LogP contribution in [-0.2, 0) is 6.18 Å². The zero-order valence-corrected chi connectivity index (χ0v) is 9.50. The molecule has 0 aromatic heterocycles. The Morgan fingerprint density at radius 3 is 2.16 bits per heavy atom. The van der Waals surface area contributed by atoms with Crippen LogP contribution in [0.4, 0.5) is 36.4 Å². The van der Waals surface area contributed by atoms with Gasteiger partial charge < -0.3 is 5.32 Å². The molecule has 0 fully saturated rings.